The van der Waals surface area contributed by atoms with Gasteiger partial charge in [-0.1, -0.05) is 38.4 Å². The molecule has 0 aromatic heterocycles. The summed E-state index contributed by atoms with van der Waals surface area (Å²) in [7, 11) is 0. The molecule has 3 nitrogen and oxygen atoms in total. The third-order valence-electron chi connectivity index (χ3n) is 2.59. The molecule has 1 N–H and O–H groups in total. The van der Waals surface area contributed by atoms with Crippen LogP contribution in [0.15, 0.2) is 18.2 Å². The van der Waals surface area contributed by atoms with E-state index in [9.17, 15) is 4.79 Å². The molecule has 1 rings (SSSR count). The summed E-state index contributed by atoms with van der Waals surface area (Å²) >= 11 is 6.14. The van der Waals surface area contributed by atoms with Crippen LogP contribution in [0.4, 0.5) is 0 Å². The average molecular weight is 271 g/mol. The summed E-state index contributed by atoms with van der Waals surface area (Å²) in [5.74, 6) is -0.206. The molecule has 0 spiro atoms. The van der Waals surface area contributed by atoms with Crippen molar-refractivity contribution in [2.45, 2.75) is 39.0 Å². The van der Waals surface area contributed by atoms with Crippen molar-refractivity contribution in [3.8, 4) is 5.75 Å². The quantitative estimate of drug-likeness (QED) is 0.826. The summed E-state index contributed by atoms with van der Waals surface area (Å²) in [4.78, 5) is 10.4. The van der Waals surface area contributed by atoms with Gasteiger partial charge in [-0.3, -0.25) is 4.79 Å². The van der Waals surface area contributed by atoms with Gasteiger partial charge in [0.05, 0.1) is 11.6 Å². The van der Waals surface area contributed by atoms with E-state index >= 15 is 0 Å². The second-order valence-electron chi connectivity index (χ2n) is 5.24. The maximum atomic E-state index is 10.4. The van der Waals surface area contributed by atoms with Crippen LogP contribution in [0, 0.1) is 0 Å². The van der Waals surface area contributed by atoms with Crippen molar-refractivity contribution in [3.05, 3.63) is 28.8 Å². The molecule has 18 heavy (non-hydrogen) atoms. The van der Waals surface area contributed by atoms with Gasteiger partial charge in [0.15, 0.2) is 0 Å². The van der Waals surface area contributed by atoms with E-state index in [1.54, 1.807) is 0 Å². The van der Waals surface area contributed by atoms with E-state index in [0.29, 0.717) is 23.8 Å². The minimum absolute atomic E-state index is 0.0471. The lowest BCUT2D eigenvalue weighted by Gasteiger charge is -2.20. The molecule has 0 fully saturated rings. The maximum absolute atomic E-state index is 10.4. The Labute approximate surface area is 113 Å². The van der Waals surface area contributed by atoms with Gasteiger partial charge in [0, 0.05) is 6.42 Å². The van der Waals surface area contributed by atoms with E-state index < -0.39 is 5.97 Å². The summed E-state index contributed by atoms with van der Waals surface area (Å²) in [5, 5.41) is 9.08. The predicted octanol–water partition coefficient (Wildman–Crippen LogP) is 3.88. The first-order valence-electron chi connectivity index (χ1n) is 5.95. The average Bonchev–Trinajstić information content (AvgIpc) is 2.24. The third kappa shape index (κ3) is 4.57. The molecule has 100 valence electrons. The van der Waals surface area contributed by atoms with Crippen LogP contribution in [0.2, 0.25) is 5.02 Å². The predicted molar refractivity (Wildman–Crippen MR) is 72.5 cm³/mol. The highest BCUT2D eigenvalue weighted by atomic mass is 35.5. The summed E-state index contributed by atoms with van der Waals surface area (Å²) in [5.41, 5.74) is 1.19. The fourth-order valence-electron chi connectivity index (χ4n) is 1.49. The number of hydrogen-bond acceptors (Lipinski definition) is 2. The van der Waals surface area contributed by atoms with Crippen LogP contribution >= 0.6 is 11.6 Å². The molecular formula is C14H19ClO3. The number of carboxylic acid groups (broad SMARTS) is 1. The molecule has 1 aromatic rings. The molecular weight excluding hydrogens is 252 g/mol. The van der Waals surface area contributed by atoms with Gasteiger partial charge in [-0.15, -0.1) is 0 Å². The fourth-order valence-corrected chi connectivity index (χ4v) is 1.73. The van der Waals surface area contributed by atoms with Crippen molar-refractivity contribution in [1.29, 1.82) is 0 Å². The molecule has 0 heterocycles. The van der Waals surface area contributed by atoms with Crippen molar-refractivity contribution < 1.29 is 14.6 Å². The molecule has 0 saturated carbocycles. The van der Waals surface area contributed by atoms with E-state index in [1.165, 1.54) is 0 Å². The first kappa shape index (κ1) is 14.8. The number of hydrogen-bond donors (Lipinski definition) is 1. The first-order valence-corrected chi connectivity index (χ1v) is 6.33. The number of carbonyl (C=O) groups is 1. The maximum Gasteiger partial charge on any atom is 0.303 e. The van der Waals surface area contributed by atoms with Gasteiger partial charge in [-0.25, -0.2) is 0 Å². The van der Waals surface area contributed by atoms with Crippen LogP contribution in [-0.2, 0) is 10.2 Å². The second kappa shape index (κ2) is 6.10. The van der Waals surface area contributed by atoms with E-state index in [0.717, 1.165) is 5.56 Å². The highest BCUT2D eigenvalue weighted by Gasteiger charge is 2.15. The van der Waals surface area contributed by atoms with Crippen LogP contribution in [-0.4, -0.2) is 17.7 Å². The molecule has 0 aliphatic heterocycles. The lowest BCUT2D eigenvalue weighted by Crippen LogP contribution is -2.11. The Morgan fingerprint density at radius 2 is 2.06 bits per heavy atom. The molecule has 0 unspecified atom stereocenters. The van der Waals surface area contributed by atoms with E-state index in [-0.39, 0.29) is 11.8 Å². The highest BCUT2D eigenvalue weighted by molar-refractivity contribution is 6.32. The summed E-state index contributed by atoms with van der Waals surface area (Å²) in [6.07, 6.45) is 0.588. The van der Waals surface area contributed by atoms with Gasteiger partial charge in [0.2, 0.25) is 0 Å². The number of halogens is 1. The van der Waals surface area contributed by atoms with Gasteiger partial charge >= 0.3 is 5.97 Å². The highest BCUT2D eigenvalue weighted by Crippen LogP contribution is 2.31. The number of benzene rings is 1. The molecule has 0 bridgehead atoms. The second-order valence-corrected chi connectivity index (χ2v) is 5.65. The molecule has 0 amide bonds. The monoisotopic (exact) mass is 270 g/mol. The largest absolute Gasteiger partial charge is 0.492 e. The van der Waals surface area contributed by atoms with Crippen molar-refractivity contribution in [3.63, 3.8) is 0 Å². The number of carboxylic acids is 1. The Kier molecular flexibility index (Phi) is 5.03. The van der Waals surface area contributed by atoms with E-state index in [2.05, 4.69) is 20.8 Å². The SMILES string of the molecule is CC(C)(C)c1ccc(OCCCC(=O)O)c(Cl)c1. The Hall–Kier alpha value is -1.22. The molecule has 0 aliphatic carbocycles. The number of aliphatic carboxylic acids is 1. The van der Waals surface area contributed by atoms with Crippen molar-refractivity contribution >= 4 is 17.6 Å². The number of ether oxygens (including phenoxy) is 1. The smallest absolute Gasteiger partial charge is 0.303 e. The molecule has 0 saturated heterocycles. The van der Waals surface area contributed by atoms with Crippen LogP contribution in [0.1, 0.15) is 39.2 Å². The summed E-state index contributed by atoms with van der Waals surface area (Å²) in [6.45, 7) is 6.71. The van der Waals surface area contributed by atoms with Crippen molar-refractivity contribution in [2.75, 3.05) is 6.61 Å². The summed E-state index contributed by atoms with van der Waals surface area (Å²) in [6, 6.07) is 5.72. The van der Waals surface area contributed by atoms with Gasteiger partial charge in [0.1, 0.15) is 5.75 Å². The van der Waals surface area contributed by atoms with Crippen LogP contribution in [0.5, 0.6) is 5.75 Å². The zero-order valence-corrected chi connectivity index (χ0v) is 11.8. The molecule has 1 aromatic carbocycles. The summed E-state index contributed by atoms with van der Waals surface area (Å²) < 4.78 is 5.46. The topological polar surface area (TPSA) is 46.5 Å². The third-order valence-corrected chi connectivity index (χ3v) is 2.89. The standard InChI is InChI=1S/C14H19ClO3/c1-14(2,3)10-6-7-12(11(15)9-10)18-8-4-5-13(16)17/h6-7,9H,4-5,8H2,1-3H3,(H,16,17). The van der Waals surface area contributed by atoms with Crippen LogP contribution < -0.4 is 4.74 Å². The molecule has 4 heteroatoms. The minimum Gasteiger partial charge on any atom is -0.492 e. The Balaban J connectivity index is 2.60. The zero-order valence-electron chi connectivity index (χ0n) is 11.0. The molecule has 0 atom stereocenters. The first-order chi connectivity index (χ1) is 8.30. The lowest BCUT2D eigenvalue weighted by molar-refractivity contribution is -0.137. The zero-order chi connectivity index (χ0) is 13.8. The van der Waals surface area contributed by atoms with Gasteiger partial charge in [-0.2, -0.15) is 0 Å². The van der Waals surface area contributed by atoms with Gasteiger partial charge in [-0.05, 0) is 29.5 Å². The van der Waals surface area contributed by atoms with Crippen LogP contribution in [0.25, 0.3) is 0 Å². The van der Waals surface area contributed by atoms with Crippen molar-refractivity contribution in [2.24, 2.45) is 0 Å². The minimum atomic E-state index is -0.812. The molecule has 0 radical (unpaired) electrons. The fraction of sp³-hybridized carbons (Fsp3) is 0.500. The number of rotatable bonds is 5. The Bertz CT molecular complexity index is 422. The lowest BCUT2D eigenvalue weighted by atomic mass is 9.87. The van der Waals surface area contributed by atoms with Crippen molar-refractivity contribution in [1.82, 2.24) is 0 Å². The van der Waals surface area contributed by atoms with E-state index in [4.69, 9.17) is 21.4 Å². The van der Waals surface area contributed by atoms with E-state index in [1.807, 2.05) is 18.2 Å². The van der Waals surface area contributed by atoms with Gasteiger partial charge in [0.25, 0.3) is 0 Å². The Morgan fingerprint density at radius 3 is 2.56 bits per heavy atom. The van der Waals surface area contributed by atoms with Gasteiger partial charge < -0.3 is 9.84 Å². The molecule has 0 aliphatic rings. The van der Waals surface area contributed by atoms with Crippen LogP contribution in [0.3, 0.4) is 0 Å². The Morgan fingerprint density at radius 1 is 1.39 bits per heavy atom. The normalized spacial score (nSPS) is 11.3.